The zero-order chi connectivity index (χ0) is 15.6. The normalized spacial score (nSPS) is 15.9. The lowest BCUT2D eigenvalue weighted by Gasteiger charge is -2.32. The number of benzene rings is 1. The predicted molar refractivity (Wildman–Crippen MR) is 79.3 cm³/mol. The molecule has 0 radical (unpaired) electrons. The highest BCUT2D eigenvalue weighted by Crippen LogP contribution is 2.26. The van der Waals surface area contributed by atoms with Crippen LogP contribution in [0.2, 0.25) is 0 Å². The maximum atomic E-state index is 12.4. The highest BCUT2D eigenvalue weighted by Gasteiger charge is 2.36. The minimum atomic E-state index is -3.53. The third-order valence-corrected chi connectivity index (χ3v) is 5.36. The van der Waals surface area contributed by atoms with Crippen molar-refractivity contribution in [1.29, 1.82) is 0 Å². The summed E-state index contributed by atoms with van der Waals surface area (Å²) in [6, 6.07) is 6.60. The van der Waals surface area contributed by atoms with E-state index in [2.05, 4.69) is 0 Å². The Hall–Kier alpha value is -0.910. The van der Waals surface area contributed by atoms with Crippen molar-refractivity contribution in [3.63, 3.8) is 0 Å². The zero-order valence-electron chi connectivity index (χ0n) is 12.5. The van der Waals surface area contributed by atoms with Crippen LogP contribution in [-0.2, 0) is 9.84 Å². The minimum absolute atomic E-state index is 0.223. The first-order valence-electron chi connectivity index (χ1n) is 6.77. The van der Waals surface area contributed by atoms with Crippen molar-refractivity contribution >= 4 is 9.84 Å². The quantitative estimate of drug-likeness (QED) is 0.842. The van der Waals surface area contributed by atoms with Crippen molar-refractivity contribution in [2.45, 2.75) is 50.7 Å². The monoisotopic (exact) mass is 300 g/mol. The molecule has 0 fully saturated rings. The Morgan fingerprint density at radius 3 is 2.10 bits per heavy atom. The van der Waals surface area contributed by atoms with Gasteiger partial charge in [-0.05, 0) is 39.3 Å². The van der Waals surface area contributed by atoms with E-state index in [4.69, 9.17) is 0 Å². The van der Waals surface area contributed by atoms with Gasteiger partial charge in [0.15, 0.2) is 9.84 Å². The van der Waals surface area contributed by atoms with Crippen LogP contribution >= 0.6 is 0 Å². The summed E-state index contributed by atoms with van der Waals surface area (Å²) in [4.78, 5) is 0.223. The molecule has 2 atom stereocenters. The Balaban J connectivity index is 3.06. The minimum Gasteiger partial charge on any atom is -0.393 e. The standard InChI is InChI=1S/C15H24O4S/c1-5-14(16)13(15(3,4)17)10-20(18,19)12-8-6-11(2)7-9-12/h6-9,13-14,16-17H,5,10H2,1-4H3/t13-,14-/m1/s1. The molecular weight excluding hydrogens is 276 g/mol. The fourth-order valence-electron chi connectivity index (χ4n) is 2.15. The van der Waals surface area contributed by atoms with Crippen LogP contribution in [0, 0.1) is 12.8 Å². The van der Waals surface area contributed by atoms with E-state index in [1.54, 1.807) is 31.2 Å². The molecule has 0 saturated heterocycles. The van der Waals surface area contributed by atoms with Gasteiger partial charge in [0.05, 0.1) is 22.4 Å². The lowest BCUT2D eigenvalue weighted by atomic mass is 9.87. The van der Waals surface area contributed by atoms with Crippen LogP contribution in [0.4, 0.5) is 0 Å². The Morgan fingerprint density at radius 2 is 1.70 bits per heavy atom. The van der Waals surface area contributed by atoms with Crippen molar-refractivity contribution in [3.05, 3.63) is 29.8 Å². The molecule has 0 aliphatic heterocycles. The summed E-state index contributed by atoms with van der Waals surface area (Å²) in [6.07, 6.45) is -0.451. The average molecular weight is 300 g/mol. The van der Waals surface area contributed by atoms with Crippen LogP contribution in [0.15, 0.2) is 29.2 Å². The van der Waals surface area contributed by atoms with Crippen LogP contribution in [0.1, 0.15) is 32.8 Å². The van der Waals surface area contributed by atoms with Crippen molar-refractivity contribution in [1.82, 2.24) is 0 Å². The number of aliphatic hydroxyl groups excluding tert-OH is 1. The Bertz CT molecular complexity index is 526. The third-order valence-electron chi connectivity index (χ3n) is 3.57. The first-order chi connectivity index (χ1) is 9.08. The Kier molecular flexibility index (Phi) is 5.35. The SMILES string of the molecule is CC[C@@H](O)[C@@H](CS(=O)(=O)c1ccc(C)cc1)C(C)(C)O. The van der Waals surface area contributed by atoms with E-state index in [1.165, 1.54) is 13.8 Å². The van der Waals surface area contributed by atoms with E-state index in [-0.39, 0.29) is 10.6 Å². The molecule has 0 spiro atoms. The molecule has 0 unspecified atom stereocenters. The summed E-state index contributed by atoms with van der Waals surface area (Å²) in [5.41, 5.74) is -0.274. The fraction of sp³-hybridized carbons (Fsp3) is 0.600. The Morgan fingerprint density at radius 1 is 1.20 bits per heavy atom. The molecule has 1 aromatic carbocycles. The topological polar surface area (TPSA) is 74.6 Å². The molecule has 0 aliphatic carbocycles. The highest BCUT2D eigenvalue weighted by molar-refractivity contribution is 7.91. The van der Waals surface area contributed by atoms with Gasteiger partial charge in [0.25, 0.3) is 0 Å². The molecule has 0 bridgehead atoms. The molecule has 0 amide bonds. The zero-order valence-corrected chi connectivity index (χ0v) is 13.3. The van der Waals surface area contributed by atoms with Gasteiger partial charge in [-0.2, -0.15) is 0 Å². The maximum absolute atomic E-state index is 12.4. The van der Waals surface area contributed by atoms with Crippen LogP contribution in [0.25, 0.3) is 0 Å². The molecule has 1 rings (SSSR count). The molecule has 0 aliphatic rings. The number of rotatable bonds is 6. The van der Waals surface area contributed by atoms with Crippen LogP contribution in [0.5, 0.6) is 0 Å². The molecule has 5 heteroatoms. The van der Waals surface area contributed by atoms with Gasteiger partial charge in [-0.15, -0.1) is 0 Å². The molecule has 0 aromatic heterocycles. The first-order valence-corrected chi connectivity index (χ1v) is 8.43. The molecular formula is C15H24O4S. The van der Waals surface area contributed by atoms with Crippen LogP contribution < -0.4 is 0 Å². The lowest BCUT2D eigenvalue weighted by Crippen LogP contribution is -2.43. The number of aryl methyl sites for hydroxylation is 1. The summed E-state index contributed by atoms with van der Waals surface area (Å²) >= 11 is 0. The molecule has 0 saturated carbocycles. The number of hydrogen-bond acceptors (Lipinski definition) is 4. The number of hydrogen-bond donors (Lipinski definition) is 2. The molecule has 20 heavy (non-hydrogen) atoms. The summed E-state index contributed by atoms with van der Waals surface area (Å²) < 4.78 is 24.8. The van der Waals surface area contributed by atoms with Gasteiger partial charge < -0.3 is 10.2 Å². The molecule has 1 aromatic rings. The van der Waals surface area contributed by atoms with Gasteiger partial charge in [-0.1, -0.05) is 24.6 Å². The van der Waals surface area contributed by atoms with Gasteiger partial charge in [0.2, 0.25) is 0 Å². The fourth-order valence-corrected chi connectivity index (χ4v) is 3.99. The first kappa shape index (κ1) is 17.1. The third kappa shape index (κ3) is 4.30. The second-order valence-corrected chi connectivity index (χ2v) is 7.86. The van der Waals surface area contributed by atoms with Gasteiger partial charge >= 0.3 is 0 Å². The van der Waals surface area contributed by atoms with Crippen molar-refractivity contribution in [3.8, 4) is 0 Å². The number of sulfone groups is 1. The molecule has 114 valence electrons. The summed E-state index contributed by atoms with van der Waals surface area (Å²) in [6.45, 7) is 6.71. The lowest BCUT2D eigenvalue weighted by molar-refractivity contribution is -0.0370. The van der Waals surface area contributed by atoms with E-state index in [0.29, 0.717) is 6.42 Å². The van der Waals surface area contributed by atoms with Gasteiger partial charge in [-0.3, -0.25) is 0 Å². The van der Waals surface area contributed by atoms with E-state index in [9.17, 15) is 18.6 Å². The molecule has 4 nitrogen and oxygen atoms in total. The second-order valence-electron chi connectivity index (χ2n) is 5.83. The molecule has 2 N–H and O–H groups in total. The molecule has 0 heterocycles. The average Bonchev–Trinajstić information content (AvgIpc) is 2.34. The highest BCUT2D eigenvalue weighted by atomic mass is 32.2. The van der Waals surface area contributed by atoms with Crippen LogP contribution in [-0.4, -0.2) is 36.1 Å². The van der Waals surface area contributed by atoms with E-state index < -0.39 is 27.5 Å². The van der Waals surface area contributed by atoms with Gasteiger partial charge in [0, 0.05) is 5.92 Å². The van der Waals surface area contributed by atoms with E-state index in [0.717, 1.165) is 5.56 Å². The summed E-state index contributed by atoms with van der Waals surface area (Å²) in [5.74, 6) is -0.993. The smallest absolute Gasteiger partial charge is 0.178 e. The summed E-state index contributed by atoms with van der Waals surface area (Å²) in [7, 11) is -3.53. The summed E-state index contributed by atoms with van der Waals surface area (Å²) in [5, 5.41) is 20.1. The van der Waals surface area contributed by atoms with Gasteiger partial charge in [-0.25, -0.2) is 8.42 Å². The predicted octanol–water partition coefficient (Wildman–Crippen LogP) is 1.93. The number of aliphatic hydroxyl groups is 2. The van der Waals surface area contributed by atoms with E-state index >= 15 is 0 Å². The maximum Gasteiger partial charge on any atom is 0.178 e. The van der Waals surface area contributed by atoms with Crippen molar-refractivity contribution in [2.24, 2.45) is 5.92 Å². The second kappa shape index (κ2) is 6.24. The van der Waals surface area contributed by atoms with Crippen molar-refractivity contribution < 1.29 is 18.6 Å². The van der Waals surface area contributed by atoms with Gasteiger partial charge in [0.1, 0.15) is 0 Å². The Labute approximate surface area is 121 Å². The van der Waals surface area contributed by atoms with Crippen molar-refractivity contribution in [2.75, 3.05) is 5.75 Å². The largest absolute Gasteiger partial charge is 0.393 e. The van der Waals surface area contributed by atoms with Crippen LogP contribution in [0.3, 0.4) is 0 Å². The van der Waals surface area contributed by atoms with E-state index in [1.807, 2.05) is 6.92 Å².